The molecule has 4 rings (SSSR count). The van der Waals surface area contributed by atoms with Crippen LogP contribution in [-0.2, 0) is 23.9 Å². The fourth-order valence-corrected chi connectivity index (χ4v) is 5.07. The monoisotopic (exact) mass is 616 g/mol. The number of rotatable bonds is 8. The second-order valence-electron chi connectivity index (χ2n) is 11.0. The maximum Gasteiger partial charge on any atom is 0.373 e. The number of nitrogens with one attached hydrogen (secondary N) is 1. The highest BCUT2D eigenvalue weighted by molar-refractivity contribution is 5.94. The van der Waals surface area contributed by atoms with Gasteiger partial charge in [0.05, 0.1) is 24.8 Å². The van der Waals surface area contributed by atoms with Crippen molar-refractivity contribution in [2.75, 3.05) is 45.9 Å². The topological polar surface area (TPSA) is 164 Å². The minimum Gasteiger partial charge on any atom is -0.478 e. The number of hydrogen-bond donors (Lipinski definition) is 2. The number of hydrogen-bond acceptors (Lipinski definition) is 9. The number of amides is 2. The van der Waals surface area contributed by atoms with Crippen molar-refractivity contribution in [1.29, 1.82) is 0 Å². The normalized spacial score (nSPS) is 17.8. The zero-order valence-corrected chi connectivity index (χ0v) is 25.6. The maximum absolute atomic E-state index is 14.6. The minimum absolute atomic E-state index is 0.111. The Balaban J connectivity index is 0.000000754. The molecule has 0 unspecified atom stereocenters. The summed E-state index contributed by atoms with van der Waals surface area (Å²) in [5, 5.41) is 19.4. The van der Waals surface area contributed by atoms with Crippen LogP contribution in [0.15, 0.2) is 36.9 Å². The molecule has 2 atom stereocenters. The maximum atomic E-state index is 14.6. The third-order valence-corrected chi connectivity index (χ3v) is 6.97. The number of carboxylic acid groups (broad SMARTS) is 1. The largest absolute Gasteiger partial charge is 0.478 e. The fraction of sp³-hybridized carbons (Fsp3) is 0.533. The van der Waals surface area contributed by atoms with Gasteiger partial charge in [0.25, 0.3) is 5.91 Å². The number of carbonyl (C=O) groups is 3. The summed E-state index contributed by atoms with van der Waals surface area (Å²) in [4.78, 5) is 56.4. The van der Waals surface area contributed by atoms with Crippen LogP contribution in [0.1, 0.15) is 56.2 Å². The molecule has 44 heavy (non-hydrogen) atoms. The Kier molecular flexibility index (Phi) is 14.5. The molecular weight excluding hydrogens is 575 g/mol. The molecule has 2 N–H and O–H groups in total. The first-order chi connectivity index (χ1) is 21.0. The predicted octanol–water partition coefficient (Wildman–Crippen LogP) is 2.14. The third kappa shape index (κ3) is 9.90. The summed E-state index contributed by atoms with van der Waals surface area (Å²) >= 11 is 0. The molecular formula is C30H41FN6O7. The molecule has 1 aromatic carbocycles. The Hall–Kier alpha value is -4.26. The highest BCUT2D eigenvalue weighted by atomic mass is 19.1. The average molecular weight is 617 g/mol. The molecule has 3 heterocycles. The molecule has 0 aliphatic carbocycles. The molecule has 0 spiro atoms. The summed E-state index contributed by atoms with van der Waals surface area (Å²) in [5.41, 5.74) is 1.07. The minimum atomic E-state index is -0.981. The van der Waals surface area contributed by atoms with Gasteiger partial charge >= 0.3 is 12.1 Å². The number of morpholine rings is 1. The van der Waals surface area contributed by atoms with Crippen LogP contribution in [0, 0.1) is 17.7 Å². The lowest BCUT2D eigenvalue weighted by Gasteiger charge is -2.40. The number of halogens is 1. The van der Waals surface area contributed by atoms with Gasteiger partial charge in [0.1, 0.15) is 11.5 Å². The Morgan fingerprint density at radius 2 is 1.80 bits per heavy atom. The van der Waals surface area contributed by atoms with Crippen molar-refractivity contribution >= 4 is 23.9 Å². The van der Waals surface area contributed by atoms with Crippen LogP contribution in [0.25, 0.3) is 5.69 Å². The summed E-state index contributed by atoms with van der Waals surface area (Å²) in [5.74, 6) is -1.63. The Morgan fingerprint density at radius 3 is 2.34 bits per heavy atom. The van der Waals surface area contributed by atoms with E-state index in [2.05, 4.69) is 36.1 Å². The molecule has 2 amide bonds. The molecule has 2 fully saturated rings. The number of nitrogens with zero attached hydrogens (tertiary/aromatic N) is 5. The van der Waals surface area contributed by atoms with Gasteiger partial charge in [0.15, 0.2) is 5.69 Å². The second kappa shape index (κ2) is 17.8. The molecule has 2 saturated heterocycles. The van der Waals surface area contributed by atoms with E-state index in [1.807, 2.05) is 23.6 Å². The summed E-state index contributed by atoms with van der Waals surface area (Å²) in [6.45, 7) is 15.0. The summed E-state index contributed by atoms with van der Waals surface area (Å²) in [7, 11) is 0. The van der Waals surface area contributed by atoms with E-state index in [0.717, 1.165) is 6.08 Å². The van der Waals surface area contributed by atoms with Gasteiger partial charge in [-0.1, -0.05) is 51.6 Å². The quantitative estimate of drug-likeness (QED) is 0.420. The van der Waals surface area contributed by atoms with Gasteiger partial charge in [0.2, 0.25) is 5.91 Å². The highest BCUT2D eigenvalue weighted by Gasteiger charge is 2.37. The zero-order chi connectivity index (χ0) is 32.8. The number of carboxylic acids is 1. The van der Waals surface area contributed by atoms with E-state index in [9.17, 15) is 18.8 Å². The molecule has 0 bridgehead atoms. The number of piperidine rings is 1. The van der Waals surface area contributed by atoms with Gasteiger partial charge in [-0.15, -0.1) is 5.10 Å². The van der Waals surface area contributed by atoms with Crippen molar-refractivity contribution in [1.82, 2.24) is 30.1 Å². The smallest absolute Gasteiger partial charge is 0.373 e. The van der Waals surface area contributed by atoms with E-state index in [-0.39, 0.29) is 53.1 Å². The molecule has 2 aliphatic rings. The summed E-state index contributed by atoms with van der Waals surface area (Å²) in [6, 6.07) is 6.18. The first-order valence-electron chi connectivity index (χ1n) is 14.4. The zero-order valence-electron chi connectivity index (χ0n) is 25.6. The molecule has 14 heteroatoms. The van der Waals surface area contributed by atoms with Gasteiger partial charge in [-0.3, -0.25) is 9.59 Å². The summed E-state index contributed by atoms with van der Waals surface area (Å²) < 4.78 is 21.4. The van der Waals surface area contributed by atoms with Crippen LogP contribution in [0.4, 0.5) is 4.39 Å². The highest BCUT2D eigenvalue weighted by Crippen LogP contribution is 2.27. The van der Waals surface area contributed by atoms with E-state index in [0.29, 0.717) is 58.1 Å². The van der Waals surface area contributed by atoms with Crippen molar-refractivity contribution in [3.8, 4) is 5.69 Å². The summed E-state index contributed by atoms with van der Waals surface area (Å²) in [6.07, 6.45) is 1.67. The van der Waals surface area contributed by atoms with Crippen molar-refractivity contribution < 1.29 is 38.2 Å². The van der Waals surface area contributed by atoms with Gasteiger partial charge in [-0.05, 0) is 30.4 Å². The average Bonchev–Trinajstić information content (AvgIpc) is 3.46. The lowest BCUT2D eigenvalue weighted by atomic mass is 9.92. The SMILES string of the molecule is C=CC(=O)O.CC(C)CN(C(=O)c1nnn(-c2ccccc2F)c1C(C)C)[C@@H]1CNC[C@H](C(=O)N2CCOCC2)C1.O=C=O. The first-order valence-corrected chi connectivity index (χ1v) is 14.4. The Bertz CT molecular complexity index is 1300. The molecule has 0 saturated carbocycles. The van der Waals surface area contributed by atoms with Crippen LogP contribution >= 0.6 is 0 Å². The first kappa shape index (κ1) is 35.9. The van der Waals surface area contributed by atoms with Crippen LogP contribution in [-0.4, -0.2) is 106 Å². The van der Waals surface area contributed by atoms with Crippen LogP contribution in [0.3, 0.4) is 0 Å². The molecule has 2 aromatic rings. The number of ether oxygens (including phenoxy) is 1. The molecule has 2 aliphatic heterocycles. The molecule has 0 radical (unpaired) electrons. The van der Waals surface area contributed by atoms with Gasteiger partial charge in [-0.25, -0.2) is 13.9 Å². The van der Waals surface area contributed by atoms with Crippen LogP contribution in [0.5, 0.6) is 0 Å². The van der Waals surface area contributed by atoms with Crippen LogP contribution in [0.2, 0.25) is 0 Å². The fourth-order valence-electron chi connectivity index (χ4n) is 5.07. The number of aliphatic carboxylic acids is 1. The van der Waals surface area contributed by atoms with Crippen molar-refractivity contribution in [3.63, 3.8) is 0 Å². The van der Waals surface area contributed by atoms with E-state index in [4.69, 9.17) is 19.4 Å². The Labute approximate surface area is 256 Å². The Morgan fingerprint density at radius 1 is 1.18 bits per heavy atom. The van der Waals surface area contributed by atoms with Gasteiger partial charge < -0.3 is 25.0 Å². The van der Waals surface area contributed by atoms with E-state index < -0.39 is 11.8 Å². The second-order valence-corrected chi connectivity index (χ2v) is 11.0. The number of para-hydroxylation sites is 1. The predicted molar refractivity (Wildman–Crippen MR) is 156 cm³/mol. The van der Waals surface area contributed by atoms with E-state index in [1.165, 1.54) is 10.7 Å². The number of carbonyl (C=O) groups excluding carboxylic acids is 4. The van der Waals surface area contributed by atoms with Gasteiger partial charge in [-0.2, -0.15) is 9.59 Å². The molecule has 240 valence electrons. The number of benzene rings is 1. The molecule has 13 nitrogen and oxygen atoms in total. The lowest BCUT2D eigenvalue weighted by Crippen LogP contribution is -2.56. The molecule has 1 aromatic heterocycles. The third-order valence-electron chi connectivity index (χ3n) is 6.97. The van der Waals surface area contributed by atoms with Crippen molar-refractivity contribution in [2.24, 2.45) is 11.8 Å². The number of aromatic nitrogens is 3. The van der Waals surface area contributed by atoms with Crippen molar-refractivity contribution in [3.05, 3.63) is 54.1 Å². The van der Waals surface area contributed by atoms with E-state index >= 15 is 0 Å². The van der Waals surface area contributed by atoms with Gasteiger partial charge in [0, 0.05) is 44.8 Å². The van der Waals surface area contributed by atoms with Crippen LogP contribution < -0.4 is 5.32 Å². The van der Waals surface area contributed by atoms with Crippen molar-refractivity contribution in [2.45, 2.75) is 46.1 Å². The van der Waals surface area contributed by atoms with E-state index in [1.54, 1.807) is 18.2 Å². The lowest BCUT2D eigenvalue weighted by molar-refractivity contribution is -0.191. The standard InChI is InChI=1S/C26H37FN6O3.C3H4O2.CO2/c1-17(2)16-32(20-13-19(14-28-15-20)25(34)31-9-11-36-12-10-31)26(35)23-24(18(3)4)33(30-29-23)22-8-6-5-7-21(22)27;1-2-3(4)5;2-1-3/h5-8,17-20,28H,9-16H2,1-4H3;2H,1H2,(H,4,5);/t19-,20+;;/m1../s1.